The zero-order valence-corrected chi connectivity index (χ0v) is 14.8. The molecule has 0 spiro atoms. The molecule has 2 aromatic carbocycles. The molecule has 0 saturated carbocycles. The van der Waals surface area contributed by atoms with Crippen molar-refractivity contribution in [1.82, 2.24) is 0 Å². The average molecular weight is 345 g/mol. The average Bonchev–Trinajstić information content (AvgIpc) is 3.05. The molecule has 120 valence electrons. The summed E-state index contributed by atoms with van der Waals surface area (Å²) in [5, 5.41) is 0. The van der Waals surface area contributed by atoms with Gasteiger partial charge in [-0.05, 0) is 65.5 Å². The van der Waals surface area contributed by atoms with Crippen molar-refractivity contribution >= 4 is 33.6 Å². The second-order valence-electron chi connectivity index (χ2n) is 5.73. The fraction of sp³-hybridized carbons (Fsp3) is 0.263. The van der Waals surface area contributed by atoms with Gasteiger partial charge >= 0.3 is 0 Å². The molecule has 0 radical (unpaired) electrons. The number of thiol groups is 1. The predicted molar refractivity (Wildman–Crippen MR) is 99.3 cm³/mol. The summed E-state index contributed by atoms with van der Waals surface area (Å²) in [5.74, 6) is 0.123. The Morgan fingerprint density at radius 1 is 0.870 bits per heavy atom. The molecule has 23 heavy (non-hydrogen) atoms. The van der Waals surface area contributed by atoms with Gasteiger partial charge in [0.15, 0.2) is 0 Å². The van der Waals surface area contributed by atoms with Crippen molar-refractivity contribution in [1.29, 1.82) is 0 Å². The van der Waals surface area contributed by atoms with E-state index in [4.69, 9.17) is 0 Å². The van der Waals surface area contributed by atoms with Gasteiger partial charge in [-0.2, -0.15) is 0 Å². The lowest BCUT2D eigenvalue weighted by atomic mass is 9.96. The molecule has 3 rings (SSSR count). The molecule has 0 bridgehead atoms. The second-order valence-corrected chi connectivity index (χ2v) is 7.59. The van der Waals surface area contributed by atoms with Crippen molar-refractivity contribution in [2.75, 3.05) is 6.26 Å². The molecule has 2 nitrogen and oxygen atoms in total. The quantitative estimate of drug-likeness (QED) is 0.635. The topological polar surface area (TPSA) is 34.1 Å². The van der Waals surface area contributed by atoms with Crippen LogP contribution < -0.4 is 0 Å². The lowest BCUT2D eigenvalue weighted by molar-refractivity contribution is 0.614. The van der Waals surface area contributed by atoms with E-state index in [1.54, 1.807) is 11.8 Å². The van der Waals surface area contributed by atoms with Gasteiger partial charge in [-0.3, -0.25) is 0 Å². The Hall–Kier alpha value is -1.52. The van der Waals surface area contributed by atoms with Crippen LogP contribution in [0.25, 0.3) is 11.1 Å². The maximum Gasteiger partial charge on any atom is 0.144 e. The summed E-state index contributed by atoms with van der Waals surface area (Å²) in [4.78, 5) is 1.28. The molecule has 0 amide bonds. The molecule has 1 aliphatic rings. The van der Waals surface area contributed by atoms with Crippen LogP contribution in [0.3, 0.4) is 0 Å². The fourth-order valence-electron chi connectivity index (χ4n) is 3.13. The summed E-state index contributed by atoms with van der Waals surface area (Å²) >= 11 is 1.76. The second kappa shape index (κ2) is 7.37. The van der Waals surface area contributed by atoms with E-state index in [0.29, 0.717) is 0 Å². The van der Waals surface area contributed by atoms with Crippen molar-refractivity contribution in [3.8, 4) is 0 Å². The van der Waals surface area contributed by atoms with Gasteiger partial charge < -0.3 is 0 Å². The number of thioether (sulfide) groups is 1. The molecule has 0 fully saturated rings. The van der Waals surface area contributed by atoms with Gasteiger partial charge in [-0.25, -0.2) is 8.42 Å². The Morgan fingerprint density at radius 2 is 1.39 bits per heavy atom. The molecule has 0 saturated heterocycles. The minimum absolute atomic E-state index is 0.123. The largest absolute Gasteiger partial charge is 0.232 e. The molecule has 0 atom stereocenters. The Balaban J connectivity index is 1.92. The number of rotatable bonds is 5. The highest BCUT2D eigenvalue weighted by atomic mass is 32.2. The monoisotopic (exact) mass is 344 g/mol. The Morgan fingerprint density at radius 3 is 1.87 bits per heavy atom. The lowest BCUT2D eigenvalue weighted by Gasteiger charge is -2.10. The predicted octanol–water partition coefficient (Wildman–Crippen LogP) is 4.61. The van der Waals surface area contributed by atoms with Gasteiger partial charge in [0.05, 0.1) is 5.75 Å². The minimum Gasteiger partial charge on any atom is -0.232 e. The zero-order valence-electron chi connectivity index (χ0n) is 13.1. The first-order chi connectivity index (χ1) is 11.2. The van der Waals surface area contributed by atoms with Crippen molar-refractivity contribution in [2.24, 2.45) is 0 Å². The SMILES string of the molecule is CSc1ccc(C2=C(c3ccc(C[SH](=O)=O)cc3)CCC2)cc1. The first-order valence-electron chi connectivity index (χ1n) is 7.75. The molecule has 2 aromatic rings. The van der Waals surface area contributed by atoms with Crippen LogP contribution in [0, 0.1) is 0 Å². The van der Waals surface area contributed by atoms with E-state index in [1.807, 2.05) is 12.1 Å². The Labute approximate surface area is 143 Å². The van der Waals surface area contributed by atoms with Gasteiger partial charge in [0.25, 0.3) is 0 Å². The minimum atomic E-state index is -2.36. The van der Waals surface area contributed by atoms with Crippen LogP contribution in [0.2, 0.25) is 0 Å². The van der Waals surface area contributed by atoms with Crippen LogP contribution in [0.5, 0.6) is 0 Å². The molecular weight excluding hydrogens is 324 g/mol. The summed E-state index contributed by atoms with van der Waals surface area (Å²) in [6, 6.07) is 16.8. The number of allylic oxidation sites excluding steroid dienone is 2. The zero-order chi connectivity index (χ0) is 16.2. The highest BCUT2D eigenvalue weighted by molar-refractivity contribution is 7.98. The Kier molecular flexibility index (Phi) is 5.23. The molecule has 0 heterocycles. The third-order valence-corrected chi connectivity index (χ3v) is 5.64. The highest BCUT2D eigenvalue weighted by Gasteiger charge is 2.17. The highest BCUT2D eigenvalue weighted by Crippen LogP contribution is 2.40. The Bertz CT molecular complexity index is 777. The summed E-state index contributed by atoms with van der Waals surface area (Å²) in [6.07, 6.45) is 5.48. The maximum atomic E-state index is 10.8. The molecule has 0 unspecified atom stereocenters. The first kappa shape index (κ1) is 16.3. The molecule has 4 heteroatoms. The van der Waals surface area contributed by atoms with Crippen LogP contribution in [0.4, 0.5) is 0 Å². The van der Waals surface area contributed by atoms with Crippen molar-refractivity contribution in [2.45, 2.75) is 29.9 Å². The fourth-order valence-corrected chi connectivity index (χ4v) is 4.05. The third-order valence-electron chi connectivity index (χ3n) is 4.27. The first-order valence-corrected chi connectivity index (χ1v) is 10.3. The number of benzene rings is 2. The van der Waals surface area contributed by atoms with Crippen LogP contribution in [-0.2, 0) is 16.5 Å². The van der Waals surface area contributed by atoms with Gasteiger partial charge in [0.1, 0.15) is 10.7 Å². The van der Waals surface area contributed by atoms with Crippen molar-refractivity contribution < 1.29 is 8.42 Å². The van der Waals surface area contributed by atoms with Crippen LogP contribution >= 0.6 is 11.8 Å². The number of hydrogen-bond acceptors (Lipinski definition) is 3. The molecular formula is C19H20O2S2. The summed E-state index contributed by atoms with van der Waals surface area (Å²) < 4.78 is 21.7. The third kappa shape index (κ3) is 3.88. The van der Waals surface area contributed by atoms with E-state index in [2.05, 4.69) is 42.7 Å². The van der Waals surface area contributed by atoms with E-state index in [-0.39, 0.29) is 5.75 Å². The van der Waals surface area contributed by atoms with E-state index in [9.17, 15) is 8.42 Å². The standard InChI is InChI=1S/C19H20O2S2/c1-22-17-11-9-16(10-12-17)19-4-2-3-18(19)15-7-5-14(6-8-15)13-23(20)21/h5-12,23H,2-4,13H2,1H3. The normalized spacial score (nSPS) is 14.7. The van der Waals surface area contributed by atoms with E-state index < -0.39 is 10.7 Å². The van der Waals surface area contributed by atoms with E-state index >= 15 is 0 Å². The van der Waals surface area contributed by atoms with Gasteiger partial charge in [0, 0.05) is 4.90 Å². The van der Waals surface area contributed by atoms with Gasteiger partial charge in [-0.15, -0.1) is 11.8 Å². The van der Waals surface area contributed by atoms with Crippen LogP contribution in [-0.4, -0.2) is 14.7 Å². The summed E-state index contributed by atoms with van der Waals surface area (Å²) in [5.41, 5.74) is 6.22. The molecule has 0 aromatic heterocycles. The summed E-state index contributed by atoms with van der Waals surface area (Å²) in [7, 11) is -2.36. The van der Waals surface area contributed by atoms with Crippen molar-refractivity contribution in [3.05, 3.63) is 65.2 Å². The van der Waals surface area contributed by atoms with E-state index in [0.717, 1.165) is 18.4 Å². The smallest absolute Gasteiger partial charge is 0.144 e. The maximum absolute atomic E-state index is 10.8. The van der Waals surface area contributed by atoms with E-state index in [1.165, 1.54) is 33.6 Å². The van der Waals surface area contributed by atoms with Crippen molar-refractivity contribution in [3.63, 3.8) is 0 Å². The molecule has 0 N–H and O–H groups in total. The van der Waals surface area contributed by atoms with Crippen LogP contribution in [0.15, 0.2) is 53.4 Å². The van der Waals surface area contributed by atoms with Crippen LogP contribution in [0.1, 0.15) is 36.0 Å². The number of hydrogen-bond donors (Lipinski definition) is 1. The lowest BCUT2D eigenvalue weighted by Crippen LogP contribution is -1.90. The van der Waals surface area contributed by atoms with Gasteiger partial charge in [0.2, 0.25) is 0 Å². The summed E-state index contributed by atoms with van der Waals surface area (Å²) in [6.45, 7) is 0. The van der Waals surface area contributed by atoms with Gasteiger partial charge in [-0.1, -0.05) is 36.4 Å². The molecule has 0 aliphatic heterocycles. The molecule has 1 aliphatic carbocycles.